The van der Waals surface area contributed by atoms with Crippen LogP contribution in [0.5, 0.6) is 0 Å². The molecule has 5 heteroatoms. The Bertz CT molecular complexity index is 504. The molecule has 1 aromatic carbocycles. The van der Waals surface area contributed by atoms with E-state index in [4.69, 9.17) is 5.11 Å². The average molecular weight is 290 g/mol. The van der Waals surface area contributed by atoms with Gasteiger partial charge < -0.3 is 10.0 Å². The highest BCUT2D eigenvalue weighted by Crippen LogP contribution is 2.25. The summed E-state index contributed by atoms with van der Waals surface area (Å²) in [5.41, 5.74) is 0.873. The Morgan fingerprint density at radius 1 is 1.33 bits per heavy atom. The van der Waals surface area contributed by atoms with Crippen LogP contribution in [0, 0.1) is 5.92 Å². The lowest BCUT2D eigenvalue weighted by molar-refractivity contribution is -0.143. The molecule has 0 spiro atoms. The molecule has 0 radical (unpaired) electrons. The van der Waals surface area contributed by atoms with E-state index in [0.29, 0.717) is 25.9 Å². The van der Waals surface area contributed by atoms with E-state index in [9.17, 15) is 9.59 Å². The summed E-state index contributed by atoms with van der Waals surface area (Å²) in [5.74, 6) is -1.10. The summed E-state index contributed by atoms with van der Waals surface area (Å²) in [6.45, 7) is 4.96. The van der Waals surface area contributed by atoms with Gasteiger partial charge in [-0.15, -0.1) is 0 Å². The Balaban J connectivity index is 2.10. The topological polar surface area (TPSA) is 60.9 Å². The average Bonchev–Trinajstić information content (AvgIpc) is 2.48. The maximum absolute atomic E-state index is 12.7. The number of piperidine rings is 1. The van der Waals surface area contributed by atoms with Crippen LogP contribution in [-0.4, -0.2) is 41.1 Å². The molecule has 0 aliphatic carbocycles. The van der Waals surface area contributed by atoms with Crippen molar-refractivity contribution in [3.8, 4) is 0 Å². The van der Waals surface area contributed by atoms with Gasteiger partial charge in [0.1, 0.15) is 0 Å². The van der Waals surface area contributed by atoms with Gasteiger partial charge in [-0.25, -0.2) is 4.79 Å². The molecule has 1 N–H and O–H groups in total. The number of hydrogen-bond acceptors (Lipinski definition) is 2. The number of rotatable bonds is 3. The van der Waals surface area contributed by atoms with Crippen molar-refractivity contribution in [2.75, 3.05) is 18.0 Å². The first kappa shape index (κ1) is 15.4. The molecule has 0 saturated carbocycles. The van der Waals surface area contributed by atoms with Crippen LogP contribution >= 0.6 is 0 Å². The summed E-state index contributed by atoms with van der Waals surface area (Å²) < 4.78 is 0. The number of aliphatic carboxylic acids is 1. The van der Waals surface area contributed by atoms with Crippen LogP contribution < -0.4 is 4.90 Å². The third-order valence-electron chi connectivity index (χ3n) is 4.09. The van der Waals surface area contributed by atoms with E-state index in [0.717, 1.165) is 5.69 Å². The predicted molar refractivity (Wildman–Crippen MR) is 81.4 cm³/mol. The number of benzene rings is 1. The van der Waals surface area contributed by atoms with Crippen molar-refractivity contribution in [2.45, 2.75) is 32.7 Å². The van der Waals surface area contributed by atoms with E-state index in [1.165, 1.54) is 0 Å². The molecule has 1 aliphatic heterocycles. The maximum atomic E-state index is 12.7. The normalized spacial score (nSPS) is 21.9. The van der Waals surface area contributed by atoms with Crippen LogP contribution in [0.15, 0.2) is 30.3 Å². The van der Waals surface area contributed by atoms with Gasteiger partial charge in [0.15, 0.2) is 0 Å². The molecular weight excluding hydrogens is 268 g/mol. The summed E-state index contributed by atoms with van der Waals surface area (Å²) in [6, 6.07) is 9.47. The van der Waals surface area contributed by atoms with Gasteiger partial charge >= 0.3 is 12.0 Å². The Labute approximate surface area is 125 Å². The summed E-state index contributed by atoms with van der Waals surface area (Å²) in [4.78, 5) is 27.3. The van der Waals surface area contributed by atoms with Crippen molar-refractivity contribution in [2.24, 2.45) is 5.92 Å². The molecule has 0 bridgehead atoms. The molecule has 0 aromatic heterocycles. The quantitative estimate of drug-likeness (QED) is 0.931. The SMILES string of the molecule is CCN(C(=O)N1CCC(C(=O)O)CC1C)c1ccccc1. The number of urea groups is 1. The lowest BCUT2D eigenvalue weighted by Crippen LogP contribution is -2.51. The number of carboxylic acid groups (broad SMARTS) is 1. The molecular formula is C16H22N2O3. The molecule has 5 nitrogen and oxygen atoms in total. The molecule has 2 rings (SSSR count). The molecule has 2 amide bonds. The second-order valence-electron chi connectivity index (χ2n) is 5.46. The van der Waals surface area contributed by atoms with Crippen LogP contribution in [0.25, 0.3) is 0 Å². The van der Waals surface area contributed by atoms with Gasteiger partial charge in [0, 0.05) is 24.8 Å². The molecule has 1 aliphatic rings. The van der Waals surface area contributed by atoms with Gasteiger partial charge in [0.05, 0.1) is 5.92 Å². The lowest BCUT2D eigenvalue weighted by atomic mass is 9.92. The van der Waals surface area contributed by atoms with Gasteiger partial charge in [0.2, 0.25) is 0 Å². The number of carbonyl (C=O) groups excluding carboxylic acids is 1. The molecule has 1 heterocycles. The van der Waals surface area contributed by atoms with Gasteiger partial charge in [-0.2, -0.15) is 0 Å². The zero-order valence-corrected chi connectivity index (χ0v) is 12.5. The first-order valence-electron chi connectivity index (χ1n) is 7.40. The number of hydrogen-bond donors (Lipinski definition) is 1. The molecule has 1 aromatic rings. The highest BCUT2D eigenvalue weighted by Gasteiger charge is 2.34. The number of carboxylic acids is 1. The Morgan fingerprint density at radius 3 is 2.52 bits per heavy atom. The van der Waals surface area contributed by atoms with Crippen LogP contribution in [0.2, 0.25) is 0 Å². The fourth-order valence-corrected chi connectivity index (χ4v) is 2.87. The molecule has 21 heavy (non-hydrogen) atoms. The third-order valence-corrected chi connectivity index (χ3v) is 4.09. The summed E-state index contributed by atoms with van der Waals surface area (Å²) >= 11 is 0. The predicted octanol–water partition coefficient (Wildman–Crippen LogP) is 2.82. The molecule has 2 atom stereocenters. The Kier molecular flexibility index (Phi) is 4.83. The van der Waals surface area contributed by atoms with Crippen LogP contribution in [-0.2, 0) is 4.79 Å². The molecule has 1 fully saturated rings. The van der Waals surface area contributed by atoms with E-state index >= 15 is 0 Å². The van der Waals surface area contributed by atoms with Crippen LogP contribution in [0.1, 0.15) is 26.7 Å². The number of likely N-dealkylation sites (tertiary alicyclic amines) is 1. The van der Waals surface area contributed by atoms with Gasteiger partial charge in [-0.05, 0) is 38.8 Å². The number of para-hydroxylation sites is 1. The van der Waals surface area contributed by atoms with Crippen LogP contribution in [0.4, 0.5) is 10.5 Å². The first-order chi connectivity index (χ1) is 10.0. The number of amides is 2. The second kappa shape index (κ2) is 6.61. The maximum Gasteiger partial charge on any atom is 0.324 e. The zero-order chi connectivity index (χ0) is 15.4. The molecule has 2 unspecified atom stereocenters. The minimum absolute atomic E-state index is 0.0416. The second-order valence-corrected chi connectivity index (χ2v) is 5.46. The van der Waals surface area contributed by atoms with Gasteiger partial charge in [-0.3, -0.25) is 9.69 Å². The third kappa shape index (κ3) is 3.35. The lowest BCUT2D eigenvalue weighted by Gasteiger charge is -2.39. The van der Waals surface area contributed by atoms with Crippen molar-refractivity contribution in [3.05, 3.63) is 30.3 Å². The number of nitrogens with zero attached hydrogens (tertiary/aromatic N) is 2. The van der Waals surface area contributed by atoms with E-state index in [2.05, 4.69) is 0 Å². The highest BCUT2D eigenvalue weighted by atomic mass is 16.4. The van der Waals surface area contributed by atoms with Crippen molar-refractivity contribution in [1.82, 2.24) is 4.90 Å². The highest BCUT2D eigenvalue weighted by molar-refractivity contribution is 5.92. The molecule has 114 valence electrons. The van der Waals surface area contributed by atoms with E-state index in [1.807, 2.05) is 44.2 Å². The zero-order valence-electron chi connectivity index (χ0n) is 12.5. The van der Waals surface area contributed by atoms with Crippen molar-refractivity contribution in [3.63, 3.8) is 0 Å². The first-order valence-corrected chi connectivity index (χ1v) is 7.40. The number of anilines is 1. The molecule has 1 saturated heterocycles. The van der Waals surface area contributed by atoms with E-state index < -0.39 is 5.97 Å². The Morgan fingerprint density at radius 2 is 2.00 bits per heavy atom. The Hall–Kier alpha value is -2.04. The van der Waals surface area contributed by atoms with E-state index in [1.54, 1.807) is 9.80 Å². The largest absolute Gasteiger partial charge is 0.481 e. The monoisotopic (exact) mass is 290 g/mol. The fourth-order valence-electron chi connectivity index (χ4n) is 2.87. The summed E-state index contributed by atoms with van der Waals surface area (Å²) in [7, 11) is 0. The van der Waals surface area contributed by atoms with Crippen molar-refractivity contribution >= 4 is 17.7 Å². The van der Waals surface area contributed by atoms with Gasteiger partial charge in [0.25, 0.3) is 0 Å². The van der Waals surface area contributed by atoms with Crippen molar-refractivity contribution in [1.29, 1.82) is 0 Å². The van der Waals surface area contributed by atoms with E-state index in [-0.39, 0.29) is 18.0 Å². The smallest absolute Gasteiger partial charge is 0.324 e. The number of carbonyl (C=O) groups is 2. The van der Waals surface area contributed by atoms with Crippen molar-refractivity contribution < 1.29 is 14.7 Å². The standard InChI is InChI=1S/C16H22N2O3/c1-3-17(14-7-5-4-6-8-14)16(21)18-10-9-13(15(19)20)11-12(18)2/h4-8,12-13H,3,9-11H2,1-2H3,(H,19,20). The summed E-state index contributed by atoms with van der Waals surface area (Å²) in [5, 5.41) is 9.10. The van der Waals surface area contributed by atoms with Gasteiger partial charge in [-0.1, -0.05) is 18.2 Å². The summed E-state index contributed by atoms with van der Waals surface area (Å²) in [6.07, 6.45) is 1.05. The minimum Gasteiger partial charge on any atom is -0.481 e. The minimum atomic E-state index is -0.760. The fraction of sp³-hybridized carbons (Fsp3) is 0.500. The van der Waals surface area contributed by atoms with Crippen LogP contribution in [0.3, 0.4) is 0 Å².